The zero-order valence-electron chi connectivity index (χ0n) is 13.8. The predicted molar refractivity (Wildman–Crippen MR) is 98.2 cm³/mol. The molecule has 4 aromatic rings. The number of hydrogen-bond acceptors (Lipinski definition) is 6. The Hall–Kier alpha value is -3.81. The lowest BCUT2D eigenvalue weighted by atomic mass is 9.99. The van der Waals surface area contributed by atoms with Crippen molar-refractivity contribution in [3.8, 4) is 11.1 Å². The first-order chi connectivity index (χ1) is 12.6. The van der Waals surface area contributed by atoms with Gasteiger partial charge in [-0.2, -0.15) is 10.2 Å². The number of anilines is 2. The van der Waals surface area contributed by atoms with Crippen molar-refractivity contribution in [2.75, 3.05) is 5.32 Å². The van der Waals surface area contributed by atoms with Gasteiger partial charge in [-0.25, -0.2) is 0 Å². The number of nitrogens with zero attached hydrogens (tertiary/aromatic N) is 4. The molecule has 0 aliphatic rings. The lowest BCUT2D eigenvalue weighted by molar-refractivity contribution is -0.384. The Kier molecular flexibility index (Phi) is 3.77. The number of rotatable bonds is 4. The molecule has 8 nitrogen and oxygen atoms in total. The van der Waals surface area contributed by atoms with Gasteiger partial charge in [0.2, 0.25) is 0 Å². The highest BCUT2D eigenvalue weighted by molar-refractivity contribution is 5.88. The number of aryl methyl sites for hydroxylation is 1. The molecule has 0 spiro atoms. The molecule has 0 unspecified atom stereocenters. The van der Waals surface area contributed by atoms with Crippen LogP contribution in [0.2, 0.25) is 0 Å². The van der Waals surface area contributed by atoms with Crippen molar-refractivity contribution in [3.63, 3.8) is 0 Å². The second kappa shape index (κ2) is 6.25. The van der Waals surface area contributed by atoms with Crippen LogP contribution < -0.4 is 5.32 Å². The lowest BCUT2D eigenvalue weighted by Gasteiger charge is -2.10. The molecule has 2 N–H and O–H groups in total. The molecular weight excluding hydrogens is 332 g/mol. The first kappa shape index (κ1) is 15.7. The SMILES string of the molecule is Cc1cc(Nc2n[nH]c3nnccc23)ccc1-c1cccc([N+](=O)[O-])c1. The van der Waals surface area contributed by atoms with Gasteiger partial charge in [-0.15, -0.1) is 5.10 Å². The number of non-ortho nitro benzene ring substituents is 1. The maximum absolute atomic E-state index is 11.0. The maximum Gasteiger partial charge on any atom is 0.270 e. The van der Waals surface area contributed by atoms with Crippen molar-refractivity contribution in [3.05, 3.63) is 70.4 Å². The monoisotopic (exact) mass is 346 g/mol. The first-order valence-electron chi connectivity index (χ1n) is 7.90. The average Bonchev–Trinajstić information content (AvgIpc) is 3.05. The summed E-state index contributed by atoms with van der Waals surface area (Å²) in [5.74, 6) is 0.664. The van der Waals surface area contributed by atoms with Gasteiger partial charge in [0.25, 0.3) is 5.69 Å². The van der Waals surface area contributed by atoms with Crippen LogP contribution in [-0.4, -0.2) is 25.3 Å². The summed E-state index contributed by atoms with van der Waals surface area (Å²) in [4.78, 5) is 10.6. The number of aromatic amines is 1. The molecule has 0 aliphatic heterocycles. The number of aromatic nitrogens is 4. The number of nitrogens with one attached hydrogen (secondary N) is 2. The second-order valence-corrected chi connectivity index (χ2v) is 5.83. The minimum Gasteiger partial charge on any atom is -0.338 e. The van der Waals surface area contributed by atoms with Crippen molar-refractivity contribution in [2.24, 2.45) is 0 Å². The second-order valence-electron chi connectivity index (χ2n) is 5.83. The van der Waals surface area contributed by atoms with Gasteiger partial charge >= 0.3 is 0 Å². The van der Waals surface area contributed by atoms with Crippen molar-refractivity contribution in [1.29, 1.82) is 0 Å². The summed E-state index contributed by atoms with van der Waals surface area (Å²) in [6, 6.07) is 14.3. The molecule has 4 rings (SSSR count). The molecule has 8 heteroatoms. The molecule has 0 bridgehead atoms. The molecule has 0 amide bonds. The van der Waals surface area contributed by atoms with E-state index < -0.39 is 0 Å². The van der Waals surface area contributed by atoms with Gasteiger partial charge in [-0.1, -0.05) is 18.2 Å². The van der Waals surface area contributed by atoms with E-state index in [-0.39, 0.29) is 10.6 Å². The van der Waals surface area contributed by atoms with E-state index >= 15 is 0 Å². The smallest absolute Gasteiger partial charge is 0.270 e. The van der Waals surface area contributed by atoms with Gasteiger partial charge in [0.15, 0.2) is 11.5 Å². The molecule has 2 aromatic carbocycles. The Balaban J connectivity index is 1.66. The Bertz CT molecular complexity index is 1120. The molecular formula is C18H14N6O2. The van der Waals surface area contributed by atoms with Crippen molar-refractivity contribution in [2.45, 2.75) is 6.92 Å². The normalized spacial score (nSPS) is 10.8. The van der Waals surface area contributed by atoms with Crippen LogP contribution in [0.3, 0.4) is 0 Å². The van der Waals surface area contributed by atoms with E-state index in [2.05, 4.69) is 25.7 Å². The lowest BCUT2D eigenvalue weighted by Crippen LogP contribution is -1.94. The highest BCUT2D eigenvalue weighted by Crippen LogP contribution is 2.30. The van der Waals surface area contributed by atoms with Gasteiger partial charge in [0, 0.05) is 17.8 Å². The van der Waals surface area contributed by atoms with Crippen LogP contribution >= 0.6 is 0 Å². The van der Waals surface area contributed by atoms with E-state index in [1.165, 1.54) is 6.07 Å². The number of nitro benzene ring substituents is 1. The number of fused-ring (bicyclic) bond motifs is 1. The van der Waals surface area contributed by atoms with Crippen molar-refractivity contribution < 1.29 is 4.92 Å². The van der Waals surface area contributed by atoms with E-state index in [4.69, 9.17) is 0 Å². The average molecular weight is 346 g/mol. The van der Waals surface area contributed by atoms with Gasteiger partial charge < -0.3 is 5.32 Å². The topological polar surface area (TPSA) is 110 Å². The van der Waals surface area contributed by atoms with E-state index in [1.54, 1.807) is 18.3 Å². The van der Waals surface area contributed by atoms with Crippen LogP contribution in [0.4, 0.5) is 17.2 Å². The minimum atomic E-state index is -0.389. The Morgan fingerprint density at radius 2 is 2.04 bits per heavy atom. The number of benzene rings is 2. The summed E-state index contributed by atoms with van der Waals surface area (Å²) >= 11 is 0. The van der Waals surface area contributed by atoms with Crippen LogP contribution in [0.15, 0.2) is 54.7 Å². The van der Waals surface area contributed by atoms with Crippen LogP contribution in [0, 0.1) is 17.0 Å². The Morgan fingerprint density at radius 3 is 2.85 bits per heavy atom. The molecule has 2 heterocycles. The van der Waals surface area contributed by atoms with Crippen LogP contribution in [0.1, 0.15) is 5.56 Å². The molecule has 2 aromatic heterocycles. The summed E-state index contributed by atoms with van der Waals surface area (Å²) in [7, 11) is 0. The zero-order valence-corrected chi connectivity index (χ0v) is 13.8. The van der Waals surface area contributed by atoms with E-state index in [0.29, 0.717) is 11.5 Å². The maximum atomic E-state index is 11.0. The molecule has 128 valence electrons. The van der Waals surface area contributed by atoms with E-state index in [1.807, 2.05) is 37.3 Å². The summed E-state index contributed by atoms with van der Waals surface area (Å²) in [6.45, 7) is 1.97. The highest BCUT2D eigenvalue weighted by atomic mass is 16.6. The van der Waals surface area contributed by atoms with Gasteiger partial charge in [0.05, 0.1) is 16.5 Å². The van der Waals surface area contributed by atoms with Crippen LogP contribution in [0.25, 0.3) is 22.2 Å². The molecule has 0 fully saturated rings. The number of hydrogen-bond donors (Lipinski definition) is 2. The fraction of sp³-hybridized carbons (Fsp3) is 0.0556. The number of nitro groups is 1. The molecule has 26 heavy (non-hydrogen) atoms. The summed E-state index contributed by atoms with van der Waals surface area (Å²) in [5, 5.41) is 29.9. The quantitative estimate of drug-likeness (QED) is 0.427. The summed E-state index contributed by atoms with van der Waals surface area (Å²) in [5.41, 5.74) is 4.30. The van der Waals surface area contributed by atoms with Gasteiger partial charge in [-0.3, -0.25) is 15.2 Å². The van der Waals surface area contributed by atoms with Crippen molar-refractivity contribution >= 4 is 28.2 Å². The Morgan fingerprint density at radius 1 is 1.15 bits per heavy atom. The summed E-state index contributed by atoms with van der Waals surface area (Å²) < 4.78 is 0. The zero-order chi connectivity index (χ0) is 18.1. The van der Waals surface area contributed by atoms with Gasteiger partial charge in [0.1, 0.15) is 0 Å². The van der Waals surface area contributed by atoms with Crippen molar-refractivity contribution in [1.82, 2.24) is 20.4 Å². The van der Waals surface area contributed by atoms with Gasteiger partial charge in [-0.05, 0) is 41.8 Å². The standard InChI is InChI=1S/C18H14N6O2/c1-11-9-13(20-17-16-7-8-19-21-18(16)23-22-17)5-6-15(11)12-3-2-4-14(10-12)24(25)26/h2-10H,1H3,(H2,20,21,22,23). The van der Waals surface area contributed by atoms with Crippen LogP contribution in [0.5, 0.6) is 0 Å². The van der Waals surface area contributed by atoms with E-state index in [9.17, 15) is 10.1 Å². The summed E-state index contributed by atoms with van der Waals surface area (Å²) in [6.07, 6.45) is 1.61. The molecule has 0 aliphatic carbocycles. The fourth-order valence-corrected chi connectivity index (χ4v) is 2.86. The molecule has 0 atom stereocenters. The largest absolute Gasteiger partial charge is 0.338 e. The number of H-pyrrole nitrogens is 1. The Labute approximate surface area is 148 Å². The molecule has 0 radical (unpaired) electrons. The molecule has 0 saturated carbocycles. The third-order valence-electron chi connectivity index (χ3n) is 4.11. The minimum absolute atomic E-state index is 0.0770. The predicted octanol–water partition coefficient (Wildman–Crippen LogP) is 3.98. The fourth-order valence-electron chi connectivity index (χ4n) is 2.86. The first-order valence-corrected chi connectivity index (χ1v) is 7.90. The molecule has 0 saturated heterocycles. The highest BCUT2D eigenvalue weighted by Gasteiger charge is 2.11. The van der Waals surface area contributed by atoms with E-state index in [0.717, 1.165) is 27.8 Å². The third-order valence-corrected chi connectivity index (χ3v) is 4.11. The van der Waals surface area contributed by atoms with Crippen LogP contribution in [-0.2, 0) is 0 Å². The third kappa shape index (κ3) is 2.84.